The molecule has 6 rings (SSSR count). The molecule has 48 heavy (non-hydrogen) atoms. The molecule has 0 spiro atoms. The van der Waals surface area contributed by atoms with Gasteiger partial charge < -0.3 is 4.98 Å². The van der Waals surface area contributed by atoms with Gasteiger partial charge in [0.15, 0.2) is 0 Å². The average Bonchev–Trinajstić information content (AvgIpc) is 3.37. The second-order valence-electron chi connectivity index (χ2n) is 17.3. The van der Waals surface area contributed by atoms with Crippen LogP contribution in [0.5, 0.6) is 0 Å². The van der Waals surface area contributed by atoms with E-state index in [1.54, 1.807) is 6.20 Å². The molecule has 0 aliphatic heterocycles. The second-order valence-corrected chi connectivity index (χ2v) is 17.3. The number of rotatable bonds is 3. The van der Waals surface area contributed by atoms with E-state index in [4.69, 9.17) is 4.98 Å². The van der Waals surface area contributed by atoms with Crippen LogP contribution in [0.3, 0.4) is 0 Å². The van der Waals surface area contributed by atoms with Gasteiger partial charge in [0.05, 0.1) is 0 Å². The van der Waals surface area contributed by atoms with Crippen molar-refractivity contribution in [3.05, 3.63) is 107 Å². The van der Waals surface area contributed by atoms with Crippen LogP contribution in [0, 0.1) is 12.1 Å². The summed E-state index contributed by atoms with van der Waals surface area (Å²) < 4.78 is 0. The summed E-state index contributed by atoms with van der Waals surface area (Å²) in [5.74, 6) is 0. The van der Waals surface area contributed by atoms with Crippen LogP contribution in [0.4, 0.5) is 0 Å². The van der Waals surface area contributed by atoms with Crippen LogP contribution in [-0.2, 0) is 44.0 Å². The summed E-state index contributed by atoms with van der Waals surface area (Å²) in [6, 6.07) is 32.1. The topological polar surface area (TPSA) is 39.9 Å². The maximum atomic E-state index is 5.29. The Morgan fingerprint density at radius 2 is 1.02 bits per heavy atom. The van der Waals surface area contributed by atoms with Crippen LogP contribution in [-0.4, -0.2) is 10.2 Å². The number of nitrogens with zero attached hydrogens (tertiary/aromatic N) is 3. The van der Waals surface area contributed by atoms with Crippen LogP contribution >= 0.6 is 0 Å². The van der Waals surface area contributed by atoms with E-state index in [-0.39, 0.29) is 44.0 Å². The fraction of sp³-hybridized carbons (Fsp3) is 0.364. The molecule has 0 aliphatic rings. The molecule has 4 heteroatoms. The first-order valence-electron chi connectivity index (χ1n) is 16.8. The smallest absolute Gasteiger partial charge is 0.663 e. The van der Waals surface area contributed by atoms with Crippen molar-refractivity contribution in [3.63, 3.8) is 0 Å². The van der Waals surface area contributed by atoms with Crippen LogP contribution in [0.25, 0.3) is 55.3 Å². The molecule has 0 bridgehead atoms. The van der Waals surface area contributed by atoms with Gasteiger partial charge in [-0.2, -0.15) is 51.1 Å². The van der Waals surface area contributed by atoms with Crippen molar-refractivity contribution in [1.82, 2.24) is 15.2 Å². The van der Waals surface area contributed by atoms with Crippen LogP contribution in [0.15, 0.2) is 72.9 Å². The molecule has 2 heterocycles. The maximum absolute atomic E-state index is 5.29. The number of hydrogen-bond donors (Lipinski definition) is 0. The van der Waals surface area contributed by atoms with Gasteiger partial charge in [0.1, 0.15) is 0 Å². The van der Waals surface area contributed by atoms with Gasteiger partial charge in [-0.3, -0.25) is 0 Å². The summed E-state index contributed by atoms with van der Waals surface area (Å²) in [4.78, 5) is 5.29. The van der Waals surface area contributed by atoms with Crippen molar-refractivity contribution in [2.24, 2.45) is 0 Å². The van der Waals surface area contributed by atoms with Gasteiger partial charge in [-0.25, -0.2) is 0 Å². The Bertz CT molecular complexity index is 2110. The van der Waals surface area contributed by atoms with Gasteiger partial charge in [-0.1, -0.05) is 125 Å². The monoisotopic (exact) mass is 815 g/mol. The molecule has 3 nitrogen and oxygen atoms in total. The zero-order valence-corrected chi connectivity index (χ0v) is 32.7. The van der Waals surface area contributed by atoms with Crippen molar-refractivity contribution in [2.75, 3.05) is 0 Å². The van der Waals surface area contributed by atoms with Crippen LogP contribution < -0.4 is 4.98 Å². The molecule has 0 unspecified atom stereocenters. The normalized spacial score (nSPS) is 12.8. The summed E-state index contributed by atoms with van der Waals surface area (Å²) in [5.41, 5.74) is 12.9. The zero-order valence-electron chi connectivity index (χ0n) is 30.6. The first-order valence-corrected chi connectivity index (χ1v) is 16.8. The summed E-state index contributed by atoms with van der Waals surface area (Å²) in [6.45, 7) is 27.3. The number of hydrogen-bond acceptors (Lipinski definition) is 2. The number of aromatic nitrogens is 3. The Morgan fingerprint density at radius 3 is 1.56 bits per heavy atom. The Morgan fingerprint density at radius 1 is 0.521 bits per heavy atom. The predicted octanol–water partition coefficient (Wildman–Crippen LogP) is 11.5. The molecular formula is C44H48AuN3. The van der Waals surface area contributed by atoms with E-state index >= 15 is 0 Å². The van der Waals surface area contributed by atoms with E-state index in [1.807, 2.05) is 12.1 Å². The fourth-order valence-electron chi connectivity index (χ4n) is 6.06. The van der Waals surface area contributed by atoms with Crippen molar-refractivity contribution in [1.29, 1.82) is 0 Å². The minimum absolute atomic E-state index is 0. The van der Waals surface area contributed by atoms with E-state index in [9.17, 15) is 0 Å². The van der Waals surface area contributed by atoms with E-state index < -0.39 is 0 Å². The molecule has 0 saturated heterocycles. The van der Waals surface area contributed by atoms with Gasteiger partial charge in [-0.05, 0) is 49.6 Å². The quantitative estimate of drug-likeness (QED) is 0.132. The molecule has 0 aliphatic carbocycles. The average molecular weight is 816 g/mol. The minimum Gasteiger partial charge on any atom is -0.663 e. The van der Waals surface area contributed by atoms with E-state index in [1.165, 1.54) is 33.0 Å². The Kier molecular flexibility index (Phi) is 9.27. The molecule has 4 aromatic carbocycles. The molecular weight excluding hydrogens is 767 g/mol. The predicted molar refractivity (Wildman–Crippen MR) is 199 cm³/mol. The third-order valence-corrected chi connectivity index (χ3v) is 9.26. The maximum Gasteiger partial charge on any atom is 3.00 e. The van der Waals surface area contributed by atoms with Gasteiger partial charge in [0.2, 0.25) is 0 Å². The SMILES string of the molecule is CC(C)(C)c1cc(-c2[c-]c(-c3cc(C(C)(C)C)cc4c3[n-]c3ccc(C(C)(C)C)cc34)cc(C(C)(C)C)c2)[c-]c(-c2cccnn2)c1.[Au+3]. The van der Waals surface area contributed by atoms with Gasteiger partial charge in [0, 0.05) is 11.9 Å². The summed E-state index contributed by atoms with van der Waals surface area (Å²) >= 11 is 0. The van der Waals surface area contributed by atoms with Crippen molar-refractivity contribution >= 4 is 21.8 Å². The van der Waals surface area contributed by atoms with E-state index in [2.05, 4.69) is 160 Å². The van der Waals surface area contributed by atoms with Crippen molar-refractivity contribution < 1.29 is 22.4 Å². The van der Waals surface area contributed by atoms with E-state index in [0.717, 1.165) is 44.5 Å². The summed E-state index contributed by atoms with van der Waals surface area (Å²) in [7, 11) is 0. The first kappa shape index (κ1) is 35.8. The van der Waals surface area contributed by atoms with E-state index in [0.29, 0.717) is 0 Å². The van der Waals surface area contributed by atoms with Gasteiger partial charge >= 0.3 is 22.4 Å². The molecule has 0 atom stereocenters. The third kappa shape index (κ3) is 7.10. The van der Waals surface area contributed by atoms with Gasteiger partial charge in [-0.15, -0.1) is 39.9 Å². The second kappa shape index (κ2) is 12.4. The summed E-state index contributed by atoms with van der Waals surface area (Å²) in [6.07, 6.45) is 1.71. The molecule has 0 amide bonds. The van der Waals surface area contributed by atoms with Crippen molar-refractivity contribution in [2.45, 2.75) is 105 Å². The largest absolute Gasteiger partial charge is 3.00 e. The summed E-state index contributed by atoms with van der Waals surface area (Å²) in [5, 5.41) is 11.0. The molecule has 0 radical (unpaired) electrons. The third-order valence-electron chi connectivity index (χ3n) is 9.26. The Balaban J connectivity index is 0.00000451. The van der Waals surface area contributed by atoms with Gasteiger partial charge in [0.25, 0.3) is 0 Å². The minimum atomic E-state index is -0.0828. The molecule has 0 fully saturated rings. The number of benzene rings is 4. The Labute approximate surface area is 303 Å². The molecule has 6 aromatic rings. The standard InChI is InChI=1S/C44H48N3.Au/c1-41(2,3)31-15-16-39-36(24-31)37-26-34(44(10,11)12)25-35(40(37)46-39)29-18-27(20-32(22-29)42(4,5)6)28-19-30(38-14-13-17-45-47-38)23-33(21-28)43(7,8)9;/h13-17,20-26H,1-12H3;/q-3;+3. The Hall–Kier alpha value is -3.50. The molecule has 0 N–H and O–H groups in total. The fourth-order valence-corrected chi connectivity index (χ4v) is 6.06. The number of fused-ring (bicyclic) bond motifs is 3. The van der Waals surface area contributed by atoms with Crippen molar-refractivity contribution in [3.8, 4) is 33.5 Å². The van der Waals surface area contributed by atoms with Crippen LogP contribution in [0.2, 0.25) is 0 Å². The molecule has 250 valence electrons. The first-order chi connectivity index (χ1) is 21.8. The zero-order chi connectivity index (χ0) is 34.1. The molecule has 0 saturated carbocycles. The molecule has 2 aromatic heterocycles. The van der Waals surface area contributed by atoms with Crippen LogP contribution in [0.1, 0.15) is 105 Å².